The largest absolute Gasteiger partial charge is 0.436 e. The highest BCUT2D eigenvalue weighted by atomic mass is 35.5. The van der Waals surface area contributed by atoms with Crippen molar-refractivity contribution >= 4 is 45.0 Å². The van der Waals surface area contributed by atoms with Gasteiger partial charge in [0.05, 0.1) is 21.8 Å². The molecule has 29 heavy (non-hydrogen) atoms. The van der Waals surface area contributed by atoms with Gasteiger partial charge in [-0.1, -0.05) is 35.6 Å². The Morgan fingerprint density at radius 3 is 2.90 bits per heavy atom. The Balaban J connectivity index is 1.56. The van der Waals surface area contributed by atoms with E-state index in [1.807, 2.05) is 30.3 Å². The lowest BCUT2D eigenvalue weighted by atomic mass is 10.2. The molecule has 0 saturated carbocycles. The van der Waals surface area contributed by atoms with E-state index in [9.17, 15) is 9.18 Å². The molecule has 0 spiro atoms. The smallest absolute Gasteiger partial charge is 0.274 e. The molecule has 5 rings (SSSR count). The molecule has 0 aliphatic carbocycles. The van der Waals surface area contributed by atoms with Gasteiger partial charge in [-0.3, -0.25) is 4.79 Å². The number of para-hydroxylation sites is 2. The lowest BCUT2D eigenvalue weighted by Gasteiger charge is -2.06. The van der Waals surface area contributed by atoms with E-state index < -0.39 is 5.82 Å². The zero-order valence-corrected chi connectivity index (χ0v) is 16.1. The van der Waals surface area contributed by atoms with Crippen molar-refractivity contribution in [2.45, 2.75) is 0 Å². The molecule has 0 atom stereocenters. The van der Waals surface area contributed by atoms with Crippen LogP contribution in [0.25, 0.3) is 22.1 Å². The monoisotopic (exact) mass is 424 g/mol. The van der Waals surface area contributed by atoms with Crippen LogP contribution >= 0.6 is 22.9 Å². The fourth-order valence-corrected chi connectivity index (χ4v) is 4.06. The van der Waals surface area contributed by atoms with E-state index >= 15 is 0 Å². The number of nitrogens with zero attached hydrogens (tertiary/aromatic N) is 4. The zero-order valence-electron chi connectivity index (χ0n) is 14.5. The third-order valence-corrected chi connectivity index (χ3v) is 5.35. The average molecular weight is 425 g/mol. The highest BCUT2D eigenvalue weighted by Crippen LogP contribution is 2.24. The van der Waals surface area contributed by atoms with E-state index in [2.05, 4.69) is 15.0 Å². The molecular formula is C20H10ClFN4O2S. The van der Waals surface area contributed by atoms with Gasteiger partial charge in [0, 0.05) is 0 Å². The van der Waals surface area contributed by atoms with E-state index in [0.717, 1.165) is 17.2 Å². The summed E-state index contributed by atoms with van der Waals surface area (Å²) in [5.41, 5.74) is 2.13. The summed E-state index contributed by atoms with van der Waals surface area (Å²) in [5.74, 6) is -0.642. The van der Waals surface area contributed by atoms with Crippen LogP contribution in [0.2, 0.25) is 5.28 Å². The van der Waals surface area contributed by atoms with Crippen LogP contribution in [0.4, 0.5) is 4.39 Å². The molecule has 0 aliphatic heterocycles. The van der Waals surface area contributed by atoms with E-state index in [1.165, 1.54) is 11.3 Å². The van der Waals surface area contributed by atoms with Gasteiger partial charge in [0.1, 0.15) is 5.75 Å². The minimum Gasteiger partial charge on any atom is -0.436 e. The highest BCUT2D eigenvalue weighted by Gasteiger charge is 2.11. The van der Waals surface area contributed by atoms with E-state index in [-0.39, 0.29) is 16.7 Å². The number of thiazole rings is 1. The molecule has 0 bridgehead atoms. The fourth-order valence-electron chi connectivity index (χ4n) is 2.95. The number of hydrogen-bond donors (Lipinski definition) is 0. The van der Waals surface area contributed by atoms with Crippen LogP contribution in [-0.4, -0.2) is 19.4 Å². The minimum absolute atomic E-state index is 0.116. The third kappa shape index (κ3) is 3.22. The first-order valence-corrected chi connectivity index (χ1v) is 9.65. The average Bonchev–Trinajstić information content (AvgIpc) is 3.21. The van der Waals surface area contributed by atoms with Crippen molar-refractivity contribution in [2.24, 2.45) is 0 Å². The summed E-state index contributed by atoms with van der Waals surface area (Å²) in [4.78, 5) is 25.3. The van der Waals surface area contributed by atoms with Crippen LogP contribution in [0.15, 0.2) is 59.5 Å². The molecule has 142 valence electrons. The van der Waals surface area contributed by atoms with Crippen molar-refractivity contribution in [1.29, 1.82) is 0 Å². The van der Waals surface area contributed by atoms with Gasteiger partial charge in [-0.05, 0) is 47.5 Å². The first kappa shape index (κ1) is 17.7. The molecule has 0 aliphatic rings. The number of aromatic nitrogens is 4. The second-order valence-electron chi connectivity index (χ2n) is 6.10. The maximum absolute atomic E-state index is 13.8. The molecule has 0 amide bonds. The number of ether oxygens (including phenoxy) is 1. The Kier molecular flexibility index (Phi) is 4.22. The molecule has 3 heterocycles. The maximum atomic E-state index is 13.8. The number of benzene rings is 2. The predicted octanol–water partition coefficient (Wildman–Crippen LogP) is 3.83. The van der Waals surface area contributed by atoms with Crippen molar-refractivity contribution in [3.8, 4) is 11.6 Å². The van der Waals surface area contributed by atoms with Crippen molar-refractivity contribution in [3.63, 3.8) is 0 Å². The molecule has 3 aromatic heterocycles. The first-order chi connectivity index (χ1) is 14.1. The van der Waals surface area contributed by atoms with Crippen molar-refractivity contribution in [1.82, 2.24) is 19.4 Å². The van der Waals surface area contributed by atoms with Crippen LogP contribution in [0.5, 0.6) is 11.6 Å². The lowest BCUT2D eigenvalue weighted by molar-refractivity contribution is 0.420. The quantitative estimate of drug-likeness (QED) is 0.412. The van der Waals surface area contributed by atoms with Gasteiger partial charge in [0.15, 0.2) is 4.96 Å². The molecular weight excluding hydrogens is 415 g/mol. The fraction of sp³-hybridized carbons (Fsp3) is 0. The summed E-state index contributed by atoms with van der Waals surface area (Å²) in [6.45, 7) is 0. The predicted molar refractivity (Wildman–Crippen MR) is 109 cm³/mol. The number of hydrogen-bond acceptors (Lipinski definition) is 6. The standard InChI is InChI=1S/C20H10ClFN4O2S/c21-19-23-10-13(22)17(25-19)28-12-5-3-4-11(8-12)9-16-18(27)26-15-7-2-1-6-14(15)24-20(26)29-16/h1-10H/b16-9+. The van der Waals surface area contributed by atoms with Gasteiger partial charge in [-0.2, -0.15) is 9.37 Å². The van der Waals surface area contributed by atoms with Gasteiger partial charge in [-0.25, -0.2) is 14.4 Å². The number of rotatable bonds is 3. The highest BCUT2D eigenvalue weighted by molar-refractivity contribution is 7.15. The zero-order chi connectivity index (χ0) is 20.0. The lowest BCUT2D eigenvalue weighted by Crippen LogP contribution is -2.22. The Morgan fingerprint density at radius 2 is 2.00 bits per heavy atom. The molecule has 2 aromatic carbocycles. The van der Waals surface area contributed by atoms with Gasteiger partial charge in [0.25, 0.3) is 11.4 Å². The van der Waals surface area contributed by atoms with Crippen LogP contribution in [-0.2, 0) is 0 Å². The summed E-state index contributed by atoms with van der Waals surface area (Å²) in [5, 5.41) is -0.116. The molecule has 0 unspecified atom stereocenters. The molecule has 0 fully saturated rings. The van der Waals surface area contributed by atoms with E-state index in [0.29, 0.717) is 20.8 Å². The molecule has 0 saturated heterocycles. The van der Waals surface area contributed by atoms with Crippen LogP contribution in [0, 0.1) is 5.82 Å². The van der Waals surface area contributed by atoms with Crippen molar-refractivity contribution in [2.75, 3.05) is 0 Å². The maximum Gasteiger partial charge on any atom is 0.274 e. The number of halogens is 2. The molecule has 0 radical (unpaired) electrons. The van der Waals surface area contributed by atoms with Gasteiger partial charge in [-0.15, -0.1) is 0 Å². The van der Waals surface area contributed by atoms with Crippen LogP contribution < -0.4 is 14.8 Å². The second-order valence-corrected chi connectivity index (χ2v) is 7.45. The SMILES string of the molecule is O=c1/c(=C\c2cccc(Oc3nc(Cl)ncc3F)c2)sc2nc3ccccc3n12. The summed E-state index contributed by atoms with van der Waals surface area (Å²) >= 11 is 7.00. The molecule has 6 nitrogen and oxygen atoms in total. The Morgan fingerprint density at radius 1 is 1.14 bits per heavy atom. The summed E-state index contributed by atoms with van der Waals surface area (Å²) in [6, 6.07) is 14.4. The van der Waals surface area contributed by atoms with Crippen LogP contribution in [0.3, 0.4) is 0 Å². The Hall–Kier alpha value is -3.36. The minimum atomic E-state index is -0.725. The third-order valence-electron chi connectivity index (χ3n) is 4.20. The number of imidazole rings is 1. The van der Waals surface area contributed by atoms with E-state index in [1.54, 1.807) is 28.7 Å². The second kappa shape index (κ2) is 6.91. The summed E-state index contributed by atoms with van der Waals surface area (Å²) < 4.78 is 21.4. The molecule has 9 heteroatoms. The topological polar surface area (TPSA) is 69.4 Å². The molecule has 0 N–H and O–H groups in total. The van der Waals surface area contributed by atoms with Gasteiger partial charge in [0.2, 0.25) is 11.1 Å². The summed E-state index contributed by atoms with van der Waals surface area (Å²) in [7, 11) is 0. The Labute approximate surface area is 171 Å². The van der Waals surface area contributed by atoms with Crippen molar-refractivity contribution < 1.29 is 9.13 Å². The number of fused-ring (bicyclic) bond motifs is 3. The van der Waals surface area contributed by atoms with Gasteiger partial charge < -0.3 is 4.74 Å². The molecule has 5 aromatic rings. The normalized spacial score (nSPS) is 12.1. The van der Waals surface area contributed by atoms with Crippen LogP contribution in [0.1, 0.15) is 5.56 Å². The Bertz CT molecular complexity index is 1500. The van der Waals surface area contributed by atoms with E-state index in [4.69, 9.17) is 16.3 Å². The summed E-state index contributed by atoms with van der Waals surface area (Å²) in [6.07, 6.45) is 2.68. The first-order valence-electron chi connectivity index (χ1n) is 8.46. The van der Waals surface area contributed by atoms with Gasteiger partial charge >= 0.3 is 0 Å². The van der Waals surface area contributed by atoms with Crippen molar-refractivity contribution in [3.05, 3.63) is 86.3 Å².